The summed E-state index contributed by atoms with van der Waals surface area (Å²) >= 11 is 1.30. The van der Waals surface area contributed by atoms with Gasteiger partial charge in [-0.1, -0.05) is 50.3 Å². The number of aromatic nitrogens is 2. The van der Waals surface area contributed by atoms with E-state index in [4.69, 9.17) is 0 Å². The summed E-state index contributed by atoms with van der Waals surface area (Å²) in [6.07, 6.45) is 3.43. The zero-order valence-corrected chi connectivity index (χ0v) is 17.9. The van der Waals surface area contributed by atoms with E-state index in [1.54, 1.807) is 23.4 Å². The Morgan fingerprint density at radius 3 is 2.53 bits per heavy atom. The monoisotopic (exact) mass is 419 g/mol. The Kier molecular flexibility index (Phi) is 5.35. The minimum Gasteiger partial charge on any atom is -0.279 e. The fraction of sp³-hybridized carbons (Fsp3) is 0.208. The number of rotatable bonds is 4. The fourth-order valence-electron chi connectivity index (χ4n) is 3.17. The number of amides is 1. The molecular weight excluding hydrogens is 397 g/mol. The van der Waals surface area contributed by atoms with Crippen molar-refractivity contribution in [2.45, 2.75) is 32.7 Å². The van der Waals surface area contributed by atoms with Gasteiger partial charge in [-0.3, -0.25) is 14.7 Å². The number of carbonyl (C=O) groups is 1. The van der Waals surface area contributed by atoms with Crippen LogP contribution >= 0.6 is 11.3 Å². The predicted octanol–water partition coefficient (Wildman–Crippen LogP) is 5.97. The summed E-state index contributed by atoms with van der Waals surface area (Å²) in [4.78, 5) is 23.8. The number of hydrogen-bond acceptors (Lipinski definition) is 4. The third-order valence-corrected chi connectivity index (χ3v) is 5.92. The molecule has 0 fully saturated rings. The molecule has 2 aromatic heterocycles. The Labute approximate surface area is 179 Å². The second-order valence-electron chi connectivity index (χ2n) is 8.19. The molecule has 4 nitrogen and oxygen atoms in total. The van der Waals surface area contributed by atoms with Crippen molar-refractivity contribution in [3.05, 3.63) is 89.5 Å². The van der Waals surface area contributed by atoms with Gasteiger partial charge in [0.05, 0.1) is 16.8 Å². The van der Waals surface area contributed by atoms with Gasteiger partial charge in [0.25, 0.3) is 5.91 Å². The third kappa shape index (κ3) is 4.24. The van der Waals surface area contributed by atoms with E-state index >= 15 is 0 Å². The first-order chi connectivity index (χ1) is 14.3. The van der Waals surface area contributed by atoms with E-state index in [0.717, 1.165) is 11.1 Å². The molecule has 0 spiro atoms. The highest BCUT2D eigenvalue weighted by Gasteiger charge is 2.23. The lowest BCUT2D eigenvalue weighted by Gasteiger charge is -2.22. The molecular formula is C24H22FN3OS. The maximum Gasteiger partial charge on any atom is 0.260 e. The number of anilines is 1. The van der Waals surface area contributed by atoms with Crippen LogP contribution in [0.3, 0.4) is 0 Å². The van der Waals surface area contributed by atoms with Crippen molar-refractivity contribution in [3.63, 3.8) is 0 Å². The molecule has 4 rings (SSSR count). The summed E-state index contributed by atoms with van der Waals surface area (Å²) in [5, 5.41) is 0.532. The molecule has 2 aromatic carbocycles. The van der Waals surface area contributed by atoms with Gasteiger partial charge in [0.2, 0.25) is 0 Å². The third-order valence-electron chi connectivity index (χ3n) is 4.88. The molecule has 0 bridgehead atoms. The second kappa shape index (κ2) is 7.95. The molecule has 1 amide bonds. The molecule has 4 aromatic rings. The number of benzene rings is 2. The second-order valence-corrected chi connectivity index (χ2v) is 9.20. The highest BCUT2D eigenvalue weighted by Crippen LogP contribution is 2.31. The lowest BCUT2D eigenvalue weighted by Crippen LogP contribution is -2.30. The number of halogens is 1. The minimum atomic E-state index is -0.319. The quantitative estimate of drug-likeness (QED) is 0.409. The first-order valence-corrected chi connectivity index (χ1v) is 10.5. The van der Waals surface area contributed by atoms with Crippen LogP contribution in [-0.2, 0) is 12.0 Å². The number of hydrogen-bond donors (Lipinski definition) is 0. The van der Waals surface area contributed by atoms with Crippen LogP contribution in [0.15, 0.2) is 67.0 Å². The van der Waals surface area contributed by atoms with Gasteiger partial charge in [0, 0.05) is 18.0 Å². The van der Waals surface area contributed by atoms with Gasteiger partial charge in [-0.25, -0.2) is 9.37 Å². The van der Waals surface area contributed by atoms with Crippen molar-refractivity contribution in [1.82, 2.24) is 9.97 Å². The number of thiazole rings is 1. The molecule has 152 valence electrons. The van der Waals surface area contributed by atoms with Gasteiger partial charge in [-0.2, -0.15) is 0 Å². The first-order valence-electron chi connectivity index (χ1n) is 9.69. The molecule has 0 radical (unpaired) electrons. The molecule has 30 heavy (non-hydrogen) atoms. The van der Waals surface area contributed by atoms with Crippen molar-refractivity contribution in [3.8, 4) is 0 Å². The largest absolute Gasteiger partial charge is 0.279 e. The van der Waals surface area contributed by atoms with Gasteiger partial charge in [0.15, 0.2) is 5.13 Å². The first kappa shape index (κ1) is 20.2. The van der Waals surface area contributed by atoms with E-state index < -0.39 is 0 Å². The van der Waals surface area contributed by atoms with Gasteiger partial charge in [-0.05, 0) is 52.9 Å². The van der Waals surface area contributed by atoms with Gasteiger partial charge < -0.3 is 0 Å². The number of pyridine rings is 1. The maximum absolute atomic E-state index is 13.6. The Bertz CT molecular complexity index is 1180. The van der Waals surface area contributed by atoms with Gasteiger partial charge in [0.1, 0.15) is 5.82 Å². The van der Waals surface area contributed by atoms with Crippen molar-refractivity contribution < 1.29 is 9.18 Å². The molecule has 0 atom stereocenters. The minimum absolute atomic E-state index is 0.00801. The summed E-state index contributed by atoms with van der Waals surface area (Å²) in [5.41, 5.74) is 3.31. The molecule has 0 aliphatic rings. The normalized spacial score (nSPS) is 11.6. The maximum atomic E-state index is 13.6. The molecule has 0 saturated heterocycles. The van der Waals surface area contributed by atoms with Gasteiger partial charge >= 0.3 is 0 Å². The summed E-state index contributed by atoms with van der Waals surface area (Å²) in [7, 11) is 0. The zero-order valence-electron chi connectivity index (χ0n) is 17.1. The Hall–Kier alpha value is -3.12. The van der Waals surface area contributed by atoms with Crippen molar-refractivity contribution >= 4 is 32.6 Å². The van der Waals surface area contributed by atoms with Crippen LogP contribution in [0.5, 0.6) is 0 Å². The van der Waals surface area contributed by atoms with Crippen LogP contribution in [0.2, 0.25) is 0 Å². The molecule has 0 aliphatic carbocycles. The summed E-state index contributed by atoms with van der Waals surface area (Å²) in [6, 6.07) is 15.9. The summed E-state index contributed by atoms with van der Waals surface area (Å²) in [6.45, 7) is 6.74. The van der Waals surface area contributed by atoms with Crippen molar-refractivity contribution in [2.24, 2.45) is 0 Å². The molecule has 0 saturated carbocycles. The van der Waals surface area contributed by atoms with E-state index in [1.807, 2.05) is 36.4 Å². The van der Waals surface area contributed by atoms with E-state index in [-0.39, 0.29) is 17.1 Å². The average molecular weight is 420 g/mol. The zero-order chi connectivity index (χ0) is 21.3. The Balaban J connectivity index is 1.73. The Morgan fingerprint density at radius 1 is 1.10 bits per heavy atom. The highest BCUT2D eigenvalue weighted by molar-refractivity contribution is 7.22. The predicted molar refractivity (Wildman–Crippen MR) is 119 cm³/mol. The Morgan fingerprint density at radius 2 is 1.87 bits per heavy atom. The smallest absolute Gasteiger partial charge is 0.260 e. The summed E-state index contributed by atoms with van der Waals surface area (Å²) in [5.74, 6) is -0.473. The fourth-order valence-corrected chi connectivity index (χ4v) is 4.16. The van der Waals surface area contributed by atoms with E-state index in [0.29, 0.717) is 27.5 Å². The number of fused-ring (bicyclic) bond motifs is 1. The van der Waals surface area contributed by atoms with Crippen LogP contribution in [0.4, 0.5) is 9.52 Å². The molecule has 6 heteroatoms. The van der Waals surface area contributed by atoms with E-state index in [2.05, 4.69) is 30.7 Å². The molecule has 0 N–H and O–H groups in total. The van der Waals surface area contributed by atoms with E-state index in [9.17, 15) is 9.18 Å². The SMILES string of the molecule is CC(C)(C)c1ccc(C(=O)N(Cc2cccnc2)c2nc3ccc(F)cc3s2)cc1. The molecule has 2 heterocycles. The lowest BCUT2D eigenvalue weighted by molar-refractivity contribution is 0.0985. The lowest BCUT2D eigenvalue weighted by atomic mass is 9.86. The van der Waals surface area contributed by atoms with Crippen LogP contribution in [0, 0.1) is 5.82 Å². The number of nitrogens with zero attached hydrogens (tertiary/aromatic N) is 3. The van der Waals surface area contributed by atoms with Crippen LogP contribution in [-0.4, -0.2) is 15.9 Å². The summed E-state index contributed by atoms with van der Waals surface area (Å²) < 4.78 is 14.3. The highest BCUT2D eigenvalue weighted by atomic mass is 32.1. The van der Waals surface area contributed by atoms with Crippen LogP contribution in [0.25, 0.3) is 10.2 Å². The topological polar surface area (TPSA) is 46.1 Å². The van der Waals surface area contributed by atoms with Crippen molar-refractivity contribution in [1.29, 1.82) is 0 Å². The van der Waals surface area contributed by atoms with Gasteiger partial charge in [-0.15, -0.1) is 0 Å². The van der Waals surface area contributed by atoms with Crippen LogP contribution < -0.4 is 4.90 Å². The van der Waals surface area contributed by atoms with E-state index in [1.165, 1.54) is 23.5 Å². The molecule has 0 unspecified atom stereocenters. The molecule has 0 aliphatic heterocycles. The average Bonchev–Trinajstić information content (AvgIpc) is 3.14. The van der Waals surface area contributed by atoms with Crippen molar-refractivity contribution in [2.75, 3.05) is 4.90 Å². The number of carbonyl (C=O) groups excluding carboxylic acids is 1. The standard InChI is InChI=1S/C24H22FN3OS/c1-24(2,3)18-8-6-17(7-9-18)22(29)28(15-16-5-4-12-26-14-16)23-27-20-11-10-19(25)13-21(20)30-23/h4-14H,15H2,1-3H3. The van der Waals surface area contributed by atoms with Crippen LogP contribution in [0.1, 0.15) is 42.3 Å².